The van der Waals surface area contributed by atoms with Crippen molar-refractivity contribution in [3.8, 4) is 0 Å². The number of morpholine rings is 1. The molecule has 2 saturated heterocycles. The summed E-state index contributed by atoms with van der Waals surface area (Å²) in [4.78, 5) is 19.8. The van der Waals surface area contributed by atoms with Crippen molar-refractivity contribution in [1.82, 2.24) is 9.55 Å². The van der Waals surface area contributed by atoms with Crippen LogP contribution in [0.2, 0.25) is 0 Å². The maximum atomic E-state index is 12.8. The Kier molecular flexibility index (Phi) is 7.20. The van der Waals surface area contributed by atoms with Gasteiger partial charge in [0.1, 0.15) is 0 Å². The number of hydrogen-bond donors (Lipinski definition) is 1. The SMILES string of the molecule is Cc1nc(SC(C)C(=O)Nc2ccc(N3CCOCC3)cc2)n(CC2CCCO2)c1C. The summed E-state index contributed by atoms with van der Waals surface area (Å²) in [5.74, 6) is -0.0221. The number of aromatic nitrogens is 2. The number of aryl methyl sites for hydroxylation is 1. The minimum atomic E-state index is -0.261. The Morgan fingerprint density at radius 2 is 1.97 bits per heavy atom. The molecule has 0 radical (unpaired) electrons. The van der Waals surface area contributed by atoms with Crippen molar-refractivity contribution in [2.75, 3.05) is 43.1 Å². The summed E-state index contributed by atoms with van der Waals surface area (Å²) in [6, 6.07) is 8.04. The van der Waals surface area contributed by atoms with E-state index >= 15 is 0 Å². The molecule has 0 aliphatic carbocycles. The van der Waals surface area contributed by atoms with Crippen LogP contribution in [-0.2, 0) is 20.8 Å². The van der Waals surface area contributed by atoms with E-state index in [2.05, 4.69) is 33.8 Å². The number of hydrogen-bond acceptors (Lipinski definition) is 6. The predicted molar refractivity (Wildman–Crippen MR) is 124 cm³/mol. The normalized spacial score (nSPS) is 20.1. The average molecular weight is 445 g/mol. The van der Waals surface area contributed by atoms with Gasteiger partial charge in [0.15, 0.2) is 5.16 Å². The minimum Gasteiger partial charge on any atom is -0.378 e. The van der Waals surface area contributed by atoms with Crippen molar-refractivity contribution in [1.29, 1.82) is 0 Å². The van der Waals surface area contributed by atoms with E-state index in [9.17, 15) is 4.79 Å². The van der Waals surface area contributed by atoms with Crippen LogP contribution in [-0.4, -0.2) is 59.7 Å². The summed E-state index contributed by atoms with van der Waals surface area (Å²) in [6.07, 6.45) is 2.43. The summed E-state index contributed by atoms with van der Waals surface area (Å²) in [5, 5.41) is 3.67. The molecule has 0 spiro atoms. The second-order valence-corrected chi connectivity index (χ2v) is 9.51. The molecule has 2 fully saturated rings. The number of nitrogens with zero attached hydrogens (tertiary/aromatic N) is 3. The third-order valence-corrected chi connectivity index (χ3v) is 7.09. The van der Waals surface area contributed by atoms with Gasteiger partial charge in [0, 0.05) is 36.8 Å². The maximum Gasteiger partial charge on any atom is 0.237 e. The highest BCUT2D eigenvalue weighted by Crippen LogP contribution is 2.28. The van der Waals surface area contributed by atoms with Gasteiger partial charge in [-0.3, -0.25) is 4.79 Å². The topological polar surface area (TPSA) is 68.6 Å². The lowest BCUT2D eigenvalue weighted by Gasteiger charge is -2.28. The van der Waals surface area contributed by atoms with Crippen LogP contribution < -0.4 is 10.2 Å². The van der Waals surface area contributed by atoms with E-state index in [4.69, 9.17) is 14.5 Å². The highest BCUT2D eigenvalue weighted by Gasteiger charge is 2.23. The monoisotopic (exact) mass is 444 g/mol. The lowest BCUT2D eigenvalue weighted by molar-refractivity contribution is -0.115. The van der Waals surface area contributed by atoms with Gasteiger partial charge in [-0.1, -0.05) is 11.8 Å². The largest absolute Gasteiger partial charge is 0.378 e. The van der Waals surface area contributed by atoms with Crippen LogP contribution in [0.5, 0.6) is 0 Å². The summed E-state index contributed by atoms with van der Waals surface area (Å²) in [6.45, 7) is 11.0. The number of imidazole rings is 1. The first-order valence-electron chi connectivity index (χ1n) is 11.1. The van der Waals surface area contributed by atoms with Crippen LogP contribution in [0, 0.1) is 13.8 Å². The zero-order valence-electron chi connectivity index (χ0n) is 18.6. The van der Waals surface area contributed by atoms with Crippen LogP contribution in [0.25, 0.3) is 0 Å². The molecule has 2 atom stereocenters. The van der Waals surface area contributed by atoms with Gasteiger partial charge in [0.05, 0.1) is 36.8 Å². The Bertz CT molecular complexity index is 887. The molecule has 2 unspecified atom stereocenters. The van der Waals surface area contributed by atoms with Crippen LogP contribution in [0.15, 0.2) is 29.4 Å². The highest BCUT2D eigenvalue weighted by molar-refractivity contribution is 8.00. The molecule has 1 aromatic carbocycles. The number of benzene rings is 1. The van der Waals surface area contributed by atoms with Gasteiger partial charge in [-0.2, -0.15) is 0 Å². The zero-order valence-corrected chi connectivity index (χ0v) is 19.4. The first-order valence-corrected chi connectivity index (χ1v) is 11.9. The Hall–Kier alpha value is -2.03. The molecule has 2 aliphatic heterocycles. The van der Waals surface area contributed by atoms with E-state index < -0.39 is 0 Å². The van der Waals surface area contributed by atoms with Crippen LogP contribution in [0.3, 0.4) is 0 Å². The van der Waals surface area contributed by atoms with Gasteiger partial charge in [-0.25, -0.2) is 4.98 Å². The second kappa shape index (κ2) is 10.1. The van der Waals surface area contributed by atoms with Crippen molar-refractivity contribution in [3.05, 3.63) is 35.7 Å². The standard InChI is InChI=1S/C23H32N4O3S/c1-16-17(2)27(15-21-5-4-12-30-21)23(24-16)31-18(3)22(28)25-19-6-8-20(9-7-19)26-10-13-29-14-11-26/h6-9,18,21H,4-5,10-15H2,1-3H3,(H,25,28). The van der Waals surface area contributed by atoms with Gasteiger partial charge in [0.25, 0.3) is 0 Å². The summed E-state index contributed by atoms with van der Waals surface area (Å²) >= 11 is 1.50. The molecular formula is C23H32N4O3S. The minimum absolute atomic E-state index is 0.0221. The van der Waals surface area contributed by atoms with Crippen LogP contribution >= 0.6 is 11.8 Å². The third-order valence-electron chi connectivity index (χ3n) is 6.00. The second-order valence-electron chi connectivity index (χ2n) is 8.21. The molecular weight excluding hydrogens is 412 g/mol. The van der Waals surface area contributed by atoms with E-state index in [0.29, 0.717) is 0 Å². The third kappa shape index (κ3) is 5.42. The Balaban J connectivity index is 1.37. The molecule has 2 aliphatic rings. The van der Waals surface area contributed by atoms with Gasteiger partial charge in [-0.15, -0.1) is 0 Å². The molecule has 2 aromatic rings. The Morgan fingerprint density at radius 1 is 1.23 bits per heavy atom. The Morgan fingerprint density at radius 3 is 2.65 bits per heavy atom. The Labute approximate surface area is 188 Å². The van der Waals surface area contributed by atoms with Crippen molar-refractivity contribution >= 4 is 29.0 Å². The summed E-state index contributed by atoms with van der Waals surface area (Å²) in [5.41, 5.74) is 4.12. The fourth-order valence-corrected chi connectivity index (χ4v) is 4.96. The van der Waals surface area contributed by atoms with Gasteiger partial charge < -0.3 is 24.3 Å². The van der Waals surface area contributed by atoms with Crippen molar-refractivity contribution in [2.45, 2.75) is 56.7 Å². The molecule has 168 valence electrons. The van der Waals surface area contributed by atoms with Gasteiger partial charge in [-0.05, 0) is 57.9 Å². The first-order chi connectivity index (χ1) is 15.0. The number of nitrogens with one attached hydrogen (secondary N) is 1. The fourth-order valence-electron chi connectivity index (χ4n) is 3.95. The number of carbonyl (C=O) groups is 1. The smallest absolute Gasteiger partial charge is 0.237 e. The molecule has 0 saturated carbocycles. The maximum absolute atomic E-state index is 12.8. The van der Waals surface area contributed by atoms with E-state index in [1.807, 2.05) is 26.0 Å². The lowest BCUT2D eigenvalue weighted by Crippen LogP contribution is -2.36. The zero-order chi connectivity index (χ0) is 21.8. The molecule has 1 amide bonds. The number of thioether (sulfide) groups is 1. The van der Waals surface area contributed by atoms with Crippen LogP contribution in [0.4, 0.5) is 11.4 Å². The number of ether oxygens (including phenoxy) is 2. The number of rotatable bonds is 7. The molecule has 1 aromatic heterocycles. The van der Waals surface area contributed by atoms with Gasteiger partial charge >= 0.3 is 0 Å². The van der Waals surface area contributed by atoms with E-state index in [1.54, 1.807) is 0 Å². The van der Waals surface area contributed by atoms with Crippen molar-refractivity contribution in [2.24, 2.45) is 0 Å². The number of anilines is 2. The average Bonchev–Trinajstić information content (AvgIpc) is 3.39. The molecule has 1 N–H and O–H groups in total. The van der Waals surface area contributed by atoms with E-state index in [-0.39, 0.29) is 17.3 Å². The van der Waals surface area contributed by atoms with E-state index in [1.165, 1.54) is 11.8 Å². The van der Waals surface area contributed by atoms with Crippen molar-refractivity contribution in [3.63, 3.8) is 0 Å². The summed E-state index contributed by atoms with van der Waals surface area (Å²) < 4.78 is 13.4. The van der Waals surface area contributed by atoms with E-state index in [0.717, 1.165) is 80.2 Å². The molecule has 4 rings (SSSR count). The molecule has 3 heterocycles. The predicted octanol–water partition coefficient (Wildman–Crippen LogP) is 3.63. The highest BCUT2D eigenvalue weighted by atomic mass is 32.2. The molecule has 7 nitrogen and oxygen atoms in total. The van der Waals surface area contributed by atoms with Crippen LogP contribution in [0.1, 0.15) is 31.2 Å². The van der Waals surface area contributed by atoms with Crippen molar-refractivity contribution < 1.29 is 14.3 Å². The molecule has 31 heavy (non-hydrogen) atoms. The summed E-state index contributed by atoms with van der Waals surface area (Å²) in [7, 11) is 0. The fraction of sp³-hybridized carbons (Fsp3) is 0.565. The molecule has 8 heteroatoms. The lowest BCUT2D eigenvalue weighted by atomic mass is 10.2. The van der Waals surface area contributed by atoms with Gasteiger partial charge in [0.2, 0.25) is 5.91 Å². The number of carbonyl (C=O) groups excluding carboxylic acids is 1. The quantitative estimate of drug-likeness (QED) is 0.658. The molecule has 0 bridgehead atoms. The first kappa shape index (κ1) is 22.2. The number of amides is 1.